The normalized spacial score (nSPS) is 11.0. The average molecular weight is 482 g/mol. The van der Waals surface area contributed by atoms with E-state index in [0.717, 1.165) is 37.1 Å². The van der Waals surface area contributed by atoms with Gasteiger partial charge in [-0.3, -0.25) is 0 Å². The largest absolute Gasteiger partial charge is 0.232 e. The molecule has 1 heterocycles. The molecule has 4 aromatic rings. The van der Waals surface area contributed by atoms with E-state index < -0.39 is 0 Å². The van der Waals surface area contributed by atoms with Crippen molar-refractivity contribution in [3.63, 3.8) is 0 Å². The first kappa shape index (κ1) is 18.2. The van der Waals surface area contributed by atoms with E-state index in [0.29, 0.717) is 0 Å². The van der Waals surface area contributed by atoms with Gasteiger partial charge in [0.25, 0.3) is 0 Å². The van der Waals surface area contributed by atoms with Crippen molar-refractivity contribution in [1.82, 2.24) is 9.78 Å². The molecular formula is C23H18Br2N2. The Morgan fingerprint density at radius 1 is 0.667 bits per heavy atom. The lowest BCUT2D eigenvalue weighted by Gasteiger charge is -2.09. The summed E-state index contributed by atoms with van der Waals surface area (Å²) in [6.07, 6.45) is 0. The van der Waals surface area contributed by atoms with Crippen LogP contribution in [0.3, 0.4) is 0 Å². The number of halogens is 2. The van der Waals surface area contributed by atoms with E-state index in [-0.39, 0.29) is 0 Å². The molecule has 4 heteroatoms. The smallest absolute Gasteiger partial charge is 0.0963 e. The summed E-state index contributed by atoms with van der Waals surface area (Å²) in [5.41, 5.74) is 7.84. The molecule has 4 rings (SSSR count). The predicted molar refractivity (Wildman–Crippen MR) is 119 cm³/mol. The topological polar surface area (TPSA) is 17.8 Å². The number of nitrogens with zero attached hydrogens (tertiary/aromatic N) is 2. The maximum Gasteiger partial charge on any atom is 0.0963 e. The Morgan fingerprint density at radius 2 is 1.19 bits per heavy atom. The molecule has 27 heavy (non-hydrogen) atoms. The zero-order valence-electron chi connectivity index (χ0n) is 15.1. The van der Waals surface area contributed by atoms with Crippen molar-refractivity contribution in [1.29, 1.82) is 0 Å². The molecule has 134 valence electrons. The van der Waals surface area contributed by atoms with E-state index in [1.165, 1.54) is 11.1 Å². The van der Waals surface area contributed by atoms with Gasteiger partial charge in [0, 0.05) is 25.6 Å². The molecule has 3 aromatic carbocycles. The van der Waals surface area contributed by atoms with E-state index in [4.69, 9.17) is 5.10 Å². The number of aryl methyl sites for hydroxylation is 1. The van der Waals surface area contributed by atoms with Gasteiger partial charge in [-0.1, -0.05) is 73.8 Å². The van der Waals surface area contributed by atoms with Crippen molar-refractivity contribution < 1.29 is 0 Å². The Balaban J connectivity index is 1.95. The standard InChI is InChI=1S/C23H18Br2N2/c1-15-3-13-21(14-4-15)27-23(18-7-11-20(25)12-8-18)16(2)22(26-27)17-5-9-19(24)10-6-17/h3-14H,1-2H3. The lowest BCUT2D eigenvalue weighted by molar-refractivity contribution is 0.891. The molecular weight excluding hydrogens is 464 g/mol. The monoisotopic (exact) mass is 480 g/mol. The molecule has 0 radical (unpaired) electrons. The maximum atomic E-state index is 5.00. The molecule has 0 aliphatic rings. The Bertz CT molecular complexity index is 1080. The van der Waals surface area contributed by atoms with Gasteiger partial charge in [-0.25, -0.2) is 4.68 Å². The number of hydrogen-bond acceptors (Lipinski definition) is 1. The molecule has 0 spiro atoms. The fourth-order valence-electron chi connectivity index (χ4n) is 3.20. The average Bonchev–Trinajstić information content (AvgIpc) is 3.01. The highest BCUT2D eigenvalue weighted by Crippen LogP contribution is 2.34. The summed E-state index contributed by atoms with van der Waals surface area (Å²) in [4.78, 5) is 0. The minimum atomic E-state index is 1.00. The highest BCUT2D eigenvalue weighted by molar-refractivity contribution is 9.10. The Labute approximate surface area is 176 Å². The van der Waals surface area contributed by atoms with Crippen molar-refractivity contribution in [3.8, 4) is 28.2 Å². The Kier molecular flexibility index (Phi) is 5.02. The lowest BCUT2D eigenvalue weighted by atomic mass is 10.0. The van der Waals surface area contributed by atoms with Crippen LogP contribution in [-0.4, -0.2) is 9.78 Å². The molecule has 0 bridgehead atoms. The second kappa shape index (κ2) is 7.45. The van der Waals surface area contributed by atoms with Gasteiger partial charge in [-0.15, -0.1) is 0 Å². The second-order valence-electron chi connectivity index (χ2n) is 6.58. The number of benzene rings is 3. The fourth-order valence-corrected chi connectivity index (χ4v) is 3.73. The fraction of sp³-hybridized carbons (Fsp3) is 0.0870. The van der Waals surface area contributed by atoms with E-state index in [1.54, 1.807) is 0 Å². The highest BCUT2D eigenvalue weighted by atomic mass is 79.9. The summed E-state index contributed by atoms with van der Waals surface area (Å²) in [5, 5.41) is 5.00. The molecule has 0 aliphatic heterocycles. The minimum Gasteiger partial charge on any atom is -0.232 e. The van der Waals surface area contributed by atoms with Gasteiger partial charge < -0.3 is 0 Å². The maximum absolute atomic E-state index is 5.00. The van der Waals surface area contributed by atoms with Gasteiger partial charge >= 0.3 is 0 Å². The Hall–Kier alpha value is -2.17. The first-order valence-electron chi connectivity index (χ1n) is 8.71. The van der Waals surface area contributed by atoms with Crippen LogP contribution in [-0.2, 0) is 0 Å². The molecule has 0 aliphatic carbocycles. The summed E-state index contributed by atoms with van der Waals surface area (Å²) >= 11 is 7.04. The zero-order valence-corrected chi connectivity index (χ0v) is 18.3. The number of hydrogen-bond donors (Lipinski definition) is 0. The SMILES string of the molecule is Cc1ccc(-n2nc(-c3ccc(Br)cc3)c(C)c2-c2ccc(Br)cc2)cc1. The van der Waals surface area contributed by atoms with Crippen molar-refractivity contribution >= 4 is 31.9 Å². The third-order valence-electron chi connectivity index (χ3n) is 4.64. The molecule has 0 N–H and O–H groups in total. The van der Waals surface area contributed by atoms with Crippen molar-refractivity contribution in [2.24, 2.45) is 0 Å². The van der Waals surface area contributed by atoms with Crippen LogP contribution >= 0.6 is 31.9 Å². The molecule has 0 atom stereocenters. The van der Waals surface area contributed by atoms with Crippen LogP contribution in [0.5, 0.6) is 0 Å². The number of aromatic nitrogens is 2. The van der Waals surface area contributed by atoms with E-state index in [9.17, 15) is 0 Å². The van der Waals surface area contributed by atoms with Gasteiger partial charge in [-0.05, 0) is 50.2 Å². The first-order chi connectivity index (χ1) is 13.0. The summed E-state index contributed by atoms with van der Waals surface area (Å²) in [7, 11) is 0. The van der Waals surface area contributed by atoms with Gasteiger partial charge in [0.05, 0.1) is 17.1 Å². The summed E-state index contributed by atoms with van der Waals surface area (Å²) < 4.78 is 4.18. The molecule has 0 fully saturated rings. The quantitative estimate of drug-likeness (QED) is 0.299. The van der Waals surface area contributed by atoms with Crippen LogP contribution < -0.4 is 0 Å². The van der Waals surface area contributed by atoms with Gasteiger partial charge in [0.2, 0.25) is 0 Å². The predicted octanol–water partition coefficient (Wildman–Crippen LogP) is 7.35. The van der Waals surface area contributed by atoms with Crippen LogP contribution in [0.4, 0.5) is 0 Å². The van der Waals surface area contributed by atoms with Crippen LogP contribution in [0.2, 0.25) is 0 Å². The molecule has 0 amide bonds. The van der Waals surface area contributed by atoms with Gasteiger partial charge in [0.1, 0.15) is 0 Å². The van der Waals surface area contributed by atoms with Crippen molar-refractivity contribution in [2.75, 3.05) is 0 Å². The van der Waals surface area contributed by atoms with Crippen molar-refractivity contribution in [3.05, 3.63) is 92.9 Å². The third kappa shape index (κ3) is 3.64. The molecule has 0 saturated heterocycles. The zero-order chi connectivity index (χ0) is 19.0. The van der Waals surface area contributed by atoms with E-state index in [1.807, 2.05) is 0 Å². The molecule has 0 saturated carbocycles. The molecule has 2 nitrogen and oxygen atoms in total. The van der Waals surface area contributed by atoms with Crippen LogP contribution in [0.1, 0.15) is 11.1 Å². The molecule has 1 aromatic heterocycles. The Morgan fingerprint density at radius 3 is 1.74 bits per heavy atom. The van der Waals surface area contributed by atoms with Crippen molar-refractivity contribution in [2.45, 2.75) is 13.8 Å². The van der Waals surface area contributed by atoms with Crippen LogP contribution in [0, 0.1) is 13.8 Å². The minimum absolute atomic E-state index is 1.00. The first-order valence-corrected chi connectivity index (χ1v) is 10.3. The van der Waals surface area contributed by atoms with Gasteiger partial charge in [-0.2, -0.15) is 5.10 Å². The highest BCUT2D eigenvalue weighted by Gasteiger charge is 2.18. The van der Waals surface area contributed by atoms with Crippen LogP contribution in [0.25, 0.3) is 28.2 Å². The summed E-state index contributed by atoms with van der Waals surface area (Å²) in [6.45, 7) is 4.24. The van der Waals surface area contributed by atoms with E-state index in [2.05, 4.69) is 123 Å². The van der Waals surface area contributed by atoms with Gasteiger partial charge in [0.15, 0.2) is 0 Å². The summed E-state index contributed by atoms with van der Waals surface area (Å²) in [5.74, 6) is 0. The van der Waals surface area contributed by atoms with E-state index >= 15 is 0 Å². The summed E-state index contributed by atoms with van der Waals surface area (Å²) in [6, 6.07) is 25.2. The second-order valence-corrected chi connectivity index (χ2v) is 8.41. The lowest BCUT2D eigenvalue weighted by Crippen LogP contribution is -1.99. The molecule has 0 unspecified atom stereocenters. The number of rotatable bonds is 3. The third-order valence-corrected chi connectivity index (χ3v) is 5.69. The van der Waals surface area contributed by atoms with Crippen LogP contribution in [0.15, 0.2) is 81.7 Å².